The van der Waals surface area contributed by atoms with Gasteiger partial charge in [-0.15, -0.1) is 0 Å². The Morgan fingerprint density at radius 2 is 1.95 bits per heavy atom. The highest BCUT2D eigenvalue weighted by molar-refractivity contribution is 7.92. The summed E-state index contributed by atoms with van der Waals surface area (Å²) in [5.74, 6) is -3.51. The van der Waals surface area contributed by atoms with Gasteiger partial charge in [0.2, 0.25) is 10.0 Å². The third-order valence-electron chi connectivity index (χ3n) is 2.32. The van der Waals surface area contributed by atoms with Crippen molar-refractivity contribution < 1.29 is 35.5 Å². The topological polar surface area (TPSA) is 72.5 Å². The number of anilines is 1. The highest BCUT2D eigenvalue weighted by atomic mass is 32.2. The minimum absolute atomic E-state index is 0.534. The first-order valence-electron chi connectivity index (χ1n) is 5.50. The Morgan fingerprint density at radius 3 is 2.48 bits per heavy atom. The Morgan fingerprint density at radius 1 is 1.33 bits per heavy atom. The smallest absolute Gasteiger partial charge is 0.390 e. The predicted molar refractivity (Wildman–Crippen MR) is 65.8 cm³/mol. The number of esters is 1. The minimum Gasteiger partial charge on any atom is -0.465 e. The molecular formula is C11H11F4NO4S. The van der Waals surface area contributed by atoms with E-state index in [4.69, 9.17) is 0 Å². The van der Waals surface area contributed by atoms with Gasteiger partial charge in [-0.3, -0.25) is 4.72 Å². The van der Waals surface area contributed by atoms with Crippen LogP contribution >= 0.6 is 0 Å². The van der Waals surface area contributed by atoms with Crippen molar-refractivity contribution in [1.82, 2.24) is 0 Å². The minimum atomic E-state index is -4.65. The molecule has 0 aliphatic heterocycles. The summed E-state index contributed by atoms with van der Waals surface area (Å²) in [5.41, 5.74) is -1.16. The fourth-order valence-electron chi connectivity index (χ4n) is 1.35. The standard InChI is InChI=1S/C11H11F4NO4S/c1-20-10(17)7-3-2-4-8(9(7)12)16-21(18,19)6-5-11(13,14)15/h2-4,16H,5-6H2,1H3. The number of carbonyl (C=O) groups is 1. The number of methoxy groups -OCH3 is 1. The second kappa shape index (κ2) is 6.29. The lowest BCUT2D eigenvalue weighted by Gasteiger charge is -2.11. The molecule has 0 aliphatic rings. The molecule has 0 radical (unpaired) electrons. The maximum Gasteiger partial charge on any atom is 0.390 e. The molecule has 1 rings (SSSR count). The summed E-state index contributed by atoms with van der Waals surface area (Å²) in [6.07, 6.45) is -6.22. The van der Waals surface area contributed by atoms with Crippen molar-refractivity contribution in [2.45, 2.75) is 12.6 Å². The lowest BCUT2D eigenvalue weighted by atomic mass is 10.2. The molecule has 0 heterocycles. The van der Waals surface area contributed by atoms with Gasteiger partial charge >= 0.3 is 12.1 Å². The number of ether oxygens (including phenoxy) is 1. The van der Waals surface area contributed by atoms with Crippen LogP contribution in [0, 0.1) is 5.82 Å². The average molecular weight is 329 g/mol. The van der Waals surface area contributed by atoms with Crippen molar-refractivity contribution >= 4 is 21.7 Å². The first-order valence-corrected chi connectivity index (χ1v) is 7.15. The molecule has 0 unspecified atom stereocenters. The average Bonchev–Trinajstić information content (AvgIpc) is 2.37. The lowest BCUT2D eigenvalue weighted by Crippen LogP contribution is -2.22. The van der Waals surface area contributed by atoms with Crippen molar-refractivity contribution in [2.75, 3.05) is 17.6 Å². The van der Waals surface area contributed by atoms with Crippen LogP contribution in [0.1, 0.15) is 16.8 Å². The Balaban J connectivity index is 2.95. The molecule has 1 aromatic rings. The van der Waals surface area contributed by atoms with Crippen LogP contribution in [0.4, 0.5) is 23.2 Å². The fraction of sp³-hybridized carbons (Fsp3) is 0.364. The van der Waals surface area contributed by atoms with E-state index < -0.39 is 51.4 Å². The molecule has 0 saturated carbocycles. The number of carbonyl (C=O) groups excluding carboxylic acids is 1. The summed E-state index contributed by atoms with van der Waals surface area (Å²) in [6, 6.07) is 3.19. The SMILES string of the molecule is COC(=O)c1cccc(NS(=O)(=O)CCC(F)(F)F)c1F. The number of rotatable bonds is 5. The van der Waals surface area contributed by atoms with Crippen molar-refractivity contribution in [3.63, 3.8) is 0 Å². The van der Waals surface area contributed by atoms with Crippen molar-refractivity contribution in [3.8, 4) is 0 Å². The molecule has 0 amide bonds. The first-order chi connectivity index (χ1) is 9.56. The highest BCUT2D eigenvalue weighted by Gasteiger charge is 2.30. The van der Waals surface area contributed by atoms with Gasteiger partial charge in [0.05, 0.1) is 30.5 Å². The quantitative estimate of drug-likeness (QED) is 0.665. The molecular weight excluding hydrogens is 318 g/mol. The van der Waals surface area contributed by atoms with Gasteiger partial charge < -0.3 is 4.74 Å². The molecule has 1 aromatic carbocycles. The molecule has 0 atom stereocenters. The van der Waals surface area contributed by atoms with E-state index in [1.807, 2.05) is 0 Å². The van der Waals surface area contributed by atoms with Crippen LogP contribution in [0.15, 0.2) is 18.2 Å². The maximum absolute atomic E-state index is 13.9. The number of halogens is 4. The summed E-state index contributed by atoms with van der Waals surface area (Å²) >= 11 is 0. The largest absolute Gasteiger partial charge is 0.465 e. The lowest BCUT2D eigenvalue weighted by molar-refractivity contribution is -0.129. The number of alkyl halides is 3. The monoisotopic (exact) mass is 329 g/mol. The van der Waals surface area contributed by atoms with Crippen LogP contribution in [-0.2, 0) is 14.8 Å². The molecule has 0 aliphatic carbocycles. The van der Waals surface area contributed by atoms with Gasteiger partial charge in [-0.05, 0) is 12.1 Å². The molecule has 10 heteroatoms. The van der Waals surface area contributed by atoms with Gasteiger partial charge in [-0.25, -0.2) is 17.6 Å². The molecule has 0 spiro atoms. The summed E-state index contributed by atoms with van der Waals surface area (Å²) in [6.45, 7) is 0. The predicted octanol–water partition coefficient (Wildman–Crippen LogP) is 2.31. The van der Waals surface area contributed by atoms with E-state index in [9.17, 15) is 30.8 Å². The van der Waals surface area contributed by atoms with Gasteiger partial charge in [0.15, 0.2) is 5.82 Å². The van der Waals surface area contributed by atoms with Gasteiger partial charge in [-0.2, -0.15) is 13.2 Å². The van der Waals surface area contributed by atoms with Crippen LogP contribution in [0.25, 0.3) is 0 Å². The van der Waals surface area contributed by atoms with Crippen molar-refractivity contribution in [2.24, 2.45) is 0 Å². The Kier molecular flexibility index (Phi) is 5.15. The van der Waals surface area contributed by atoms with Gasteiger partial charge in [0.1, 0.15) is 0 Å². The van der Waals surface area contributed by atoms with Crippen LogP contribution in [-0.4, -0.2) is 33.4 Å². The fourth-order valence-corrected chi connectivity index (χ4v) is 2.44. The number of hydrogen-bond donors (Lipinski definition) is 1. The Bertz CT molecular complexity index is 628. The van der Waals surface area contributed by atoms with Crippen LogP contribution in [0.5, 0.6) is 0 Å². The van der Waals surface area contributed by atoms with E-state index >= 15 is 0 Å². The number of nitrogens with one attached hydrogen (secondary N) is 1. The van der Waals surface area contributed by atoms with E-state index in [2.05, 4.69) is 4.74 Å². The Hall–Kier alpha value is -1.84. The van der Waals surface area contributed by atoms with Crippen molar-refractivity contribution in [1.29, 1.82) is 0 Å². The van der Waals surface area contributed by atoms with E-state index in [0.29, 0.717) is 0 Å². The molecule has 0 aromatic heterocycles. The Labute approximate surface area is 118 Å². The second-order valence-corrected chi connectivity index (χ2v) is 5.79. The summed E-state index contributed by atoms with van der Waals surface area (Å²) in [7, 11) is -3.40. The summed E-state index contributed by atoms with van der Waals surface area (Å²) < 4.78 is 78.7. The maximum atomic E-state index is 13.9. The van der Waals surface area contributed by atoms with Crippen LogP contribution in [0.2, 0.25) is 0 Å². The second-order valence-electron chi connectivity index (χ2n) is 3.94. The van der Waals surface area contributed by atoms with Gasteiger partial charge in [0.25, 0.3) is 0 Å². The van der Waals surface area contributed by atoms with Gasteiger partial charge in [0, 0.05) is 0 Å². The molecule has 1 N–H and O–H groups in total. The molecule has 21 heavy (non-hydrogen) atoms. The number of benzene rings is 1. The number of hydrogen-bond acceptors (Lipinski definition) is 4. The zero-order valence-corrected chi connectivity index (χ0v) is 11.5. The van der Waals surface area contributed by atoms with Crippen molar-refractivity contribution in [3.05, 3.63) is 29.6 Å². The van der Waals surface area contributed by atoms with Crippen LogP contribution < -0.4 is 4.72 Å². The first kappa shape index (κ1) is 17.2. The van der Waals surface area contributed by atoms with E-state index in [0.717, 1.165) is 25.3 Å². The third kappa shape index (κ3) is 5.21. The van der Waals surface area contributed by atoms with E-state index in [1.165, 1.54) is 0 Å². The molecule has 0 saturated heterocycles. The summed E-state index contributed by atoms with van der Waals surface area (Å²) in [4.78, 5) is 11.2. The molecule has 118 valence electrons. The third-order valence-corrected chi connectivity index (χ3v) is 3.60. The normalized spacial score (nSPS) is 12.0. The molecule has 0 fully saturated rings. The zero-order valence-electron chi connectivity index (χ0n) is 10.7. The summed E-state index contributed by atoms with van der Waals surface area (Å²) in [5, 5.41) is 0. The molecule has 0 bridgehead atoms. The zero-order chi connectivity index (χ0) is 16.3. The van der Waals surface area contributed by atoms with E-state index in [1.54, 1.807) is 4.72 Å². The molecule has 5 nitrogen and oxygen atoms in total. The number of sulfonamides is 1. The van der Waals surface area contributed by atoms with Crippen LogP contribution in [0.3, 0.4) is 0 Å². The highest BCUT2D eigenvalue weighted by Crippen LogP contribution is 2.23. The van der Waals surface area contributed by atoms with E-state index in [-0.39, 0.29) is 0 Å². The van der Waals surface area contributed by atoms with Gasteiger partial charge in [-0.1, -0.05) is 6.07 Å².